The number of ether oxygens (including phenoxy) is 1. The van der Waals surface area contributed by atoms with Gasteiger partial charge < -0.3 is 19.1 Å². The maximum absolute atomic E-state index is 6.49. The average Bonchev–Trinajstić information content (AvgIpc) is 3.64. The van der Waals surface area contributed by atoms with Crippen molar-refractivity contribution in [2.24, 2.45) is 0 Å². The Hall–Kier alpha value is -5.00. The van der Waals surface area contributed by atoms with Gasteiger partial charge in [0, 0.05) is 56.7 Å². The maximum atomic E-state index is 6.49. The normalized spacial score (nSPS) is 13.1. The van der Waals surface area contributed by atoms with Crippen molar-refractivity contribution in [1.82, 2.24) is 19.5 Å². The molecule has 1 aliphatic rings. The zero-order valence-corrected chi connectivity index (χ0v) is 32.1. The van der Waals surface area contributed by atoms with Gasteiger partial charge in [-0.3, -0.25) is 0 Å². The fraction of sp³-hybridized carbons (Fsp3) is 0.209. The van der Waals surface area contributed by atoms with Crippen molar-refractivity contribution in [3.05, 3.63) is 139 Å². The van der Waals surface area contributed by atoms with Crippen molar-refractivity contribution >= 4 is 44.8 Å². The Morgan fingerprint density at radius 3 is 2.24 bits per heavy atom. The van der Waals surface area contributed by atoms with Crippen LogP contribution in [0.2, 0.25) is 0 Å². The van der Waals surface area contributed by atoms with E-state index in [1.54, 1.807) is 0 Å². The van der Waals surface area contributed by atoms with E-state index in [9.17, 15) is 0 Å². The van der Waals surface area contributed by atoms with Crippen molar-refractivity contribution in [2.75, 3.05) is 9.80 Å². The van der Waals surface area contributed by atoms with Crippen LogP contribution in [0.25, 0.3) is 27.6 Å². The molecule has 8 heteroatoms. The third-order valence-electron chi connectivity index (χ3n) is 9.26. The molecule has 260 valence electrons. The van der Waals surface area contributed by atoms with E-state index in [4.69, 9.17) is 19.7 Å². The summed E-state index contributed by atoms with van der Waals surface area (Å²) in [6.45, 7) is 17.4. The van der Waals surface area contributed by atoms with Gasteiger partial charge in [0.2, 0.25) is 0 Å². The van der Waals surface area contributed by atoms with E-state index in [0.717, 1.165) is 56.2 Å². The number of hydrogen-bond donors (Lipinski definition) is 0. The molecule has 3 aromatic carbocycles. The fourth-order valence-corrected chi connectivity index (χ4v) is 6.50. The second-order valence-electron chi connectivity index (χ2n) is 14.9. The van der Waals surface area contributed by atoms with Crippen LogP contribution in [0.5, 0.6) is 11.5 Å². The molecule has 51 heavy (non-hydrogen) atoms. The summed E-state index contributed by atoms with van der Waals surface area (Å²) in [6, 6.07) is 35.9. The molecule has 0 unspecified atom stereocenters. The molecule has 0 atom stereocenters. The van der Waals surface area contributed by atoms with Gasteiger partial charge in [-0.25, -0.2) is 15.0 Å². The Morgan fingerprint density at radius 1 is 0.667 bits per heavy atom. The summed E-state index contributed by atoms with van der Waals surface area (Å²) in [4.78, 5) is 18.6. The summed E-state index contributed by atoms with van der Waals surface area (Å²) in [5, 5.41) is 2.23. The second-order valence-corrected chi connectivity index (χ2v) is 14.9. The third-order valence-corrected chi connectivity index (χ3v) is 9.26. The summed E-state index contributed by atoms with van der Waals surface area (Å²) in [6.07, 6.45) is 5.66. The fourth-order valence-electron chi connectivity index (χ4n) is 6.50. The predicted molar refractivity (Wildman–Crippen MR) is 202 cm³/mol. The van der Waals surface area contributed by atoms with Crippen LogP contribution in [0, 0.1) is 25.7 Å². The van der Waals surface area contributed by atoms with Gasteiger partial charge in [0.05, 0.1) is 5.69 Å². The summed E-state index contributed by atoms with van der Waals surface area (Å²) < 4.78 is 8.66. The molecule has 0 N–H and O–H groups in total. The topological polar surface area (TPSA) is 59.3 Å². The number of fused-ring (bicyclic) bond motifs is 4. The SMILES string of the molecule is Cc1cc(C(C)(C)C)cnc1N1[CH-]N(c2[c-]c(Oc3[c-]c4c(cc3)c3ccccc3n4-c3cc(C(C)(C)C)ccn3)ccc2)c2cccnc21.[Pt]. The van der Waals surface area contributed by atoms with E-state index >= 15 is 0 Å². The van der Waals surface area contributed by atoms with E-state index < -0.39 is 0 Å². The largest absolute Gasteiger partial charge is 0.509 e. The van der Waals surface area contributed by atoms with Crippen molar-refractivity contribution in [2.45, 2.75) is 59.3 Å². The van der Waals surface area contributed by atoms with Crippen molar-refractivity contribution < 1.29 is 25.8 Å². The molecule has 0 aliphatic carbocycles. The maximum Gasteiger partial charge on any atom is 0.135 e. The summed E-state index contributed by atoms with van der Waals surface area (Å²) in [7, 11) is 0. The first-order chi connectivity index (χ1) is 24.0. The molecule has 0 spiro atoms. The van der Waals surface area contributed by atoms with Crippen LogP contribution < -0.4 is 14.5 Å². The zero-order valence-electron chi connectivity index (χ0n) is 29.8. The van der Waals surface area contributed by atoms with Gasteiger partial charge in [-0.15, -0.1) is 48.1 Å². The molecule has 7 aromatic rings. The quantitative estimate of drug-likeness (QED) is 0.161. The van der Waals surface area contributed by atoms with Crippen LogP contribution in [0.15, 0.2) is 104 Å². The van der Waals surface area contributed by atoms with Gasteiger partial charge in [0.15, 0.2) is 0 Å². The van der Waals surface area contributed by atoms with Crippen LogP contribution in [-0.4, -0.2) is 19.5 Å². The molecule has 0 bridgehead atoms. The zero-order chi connectivity index (χ0) is 34.8. The molecule has 0 fully saturated rings. The number of anilines is 4. The molecule has 0 radical (unpaired) electrons. The van der Waals surface area contributed by atoms with E-state index in [1.165, 1.54) is 11.1 Å². The Balaban J connectivity index is 0.00000406. The first-order valence-corrected chi connectivity index (χ1v) is 16.9. The molecule has 0 amide bonds. The minimum atomic E-state index is -0.0120. The number of nitrogens with zero attached hydrogens (tertiary/aromatic N) is 6. The Morgan fingerprint density at radius 2 is 1.45 bits per heavy atom. The van der Waals surface area contributed by atoms with Gasteiger partial charge in [0.25, 0.3) is 0 Å². The standard InChI is InChI=1S/C43H39N6O.Pt/c1-28-22-30(43(5,6)7)26-46-40(28)48-27-47(37-16-11-20-45-41(37)48)31-12-10-13-32(24-31)50-33-17-18-35-34-14-8-9-15-36(34)49(38(35)25-33)39-23-29(19-21-44-39)42(2,3)4;/h8-23,26-27H,1-7H3;/q-3;. The average molecular weight is 851 g/mol. The first-order valence-electron chi connectivity index (χ1n) is 16.9. The van der Waals surface area contributed by atoms with Gasteiger partial charge >= 0.3 is 0 Å². The van der Waals surface area contributed by atoms with Gasteiger partial charge in [0.1, 0.15) is 17.5 Å². The van der Waals surface area contributed by atoms with Crippen molar-refractivity contribution in [3.8, 4) is 17.3 Å². The molecule has 5 heterocycles. The molecular formula is C43H39N6OPt-3. The number of pyridine rings is 3. The van der Waals surface area contributed by atoms with Crippen molar-refractivity contribution in [3.63, 3.8) is 0 Å². The Kier molecular flexibility index (Phi) is 8.75. The van der Waals surface area contributed by atoms with Crippen LogP contribution >= 0.6 is 0 Å². The molecule has 8 rings (SSSR count). The molecule has 0 saturated carbocycles. The second kappa shape index (κ2) is 13.0. The van der Waals surface area contributed by atoms with E-state index in [2.05, 4.69) is 125 Å². The Bertz CT molecular complexity index is 2400. The minimum Gasteiger partial charge on any atom is -0.509 e. The summed E-state index contributed by atoms with van der Waals surface area (Å²) in [5.74, 6) is 3.67. The number of hydrogen-bond acceptors (Lipinski definition) is 6. The Labute approximate surface area is 314 Å². The summed E-state index contributed by atoms with van der Waals surface area (Å²) >= 11 is 0. The smallest absolute Gasteiger partial charge is 0.135 e. The van der Waals surface area contributed by atoms with Crippen LogP contribution in [0.3, 0.4) is 0 Å². The van der Waals surface area contributed by atoms with Gasteiger partial charge in [-0.1, -0.05) is 71.3 Å². The van der Waals surface area contributed by atoms with Crippen LogP contribution in [-0.2, 0) is 31.9 Å². The monoisotopic (exact) mass is 850 g/mol. The first kappa shape index (κ1) is 34.4. The molecule has 4 aromatic heterocycles. The molecule has 1 aliphatic heterocycles. The number of aromatic nitrogens is 4. The van der Waals surface area contributed by atoms with Gasteiger partial charge in [-0.05, 0) is 70.2 Å². The minimum absolute atomic E-state index is 0. The molecular weight excluding hydrogens is 812 g/mol. The number of benzene rings is 3. The predicted octanol–water partition coefficient (Wildman–Crippen LogP) is 10.7. The van der Waals surface area contributed by atoms with E-state index in [-0.39, 0.29) is 31.9 Å². The number of para-hydroxylation sites is 1. The van der Waals surface area contributed by atoms with Crippen LogP contribution in [0.1, 0.15) is 58.2 Å². The number of aryl methyl sites for hydroxylation is 1. The van der Waals surface area contributed by atoms with Gasteiger partial charge in [-0.2, -0.15) is 12.1 Å². The van der Waals surface area contributed by atoms with E-state index in [1.807, 2.05) is 60.5 Å². The van der Waals surface area contributed by atoms with Crippen LogP contribution in [0.4, 0.5) is 23.0 Å². The number of rotatable bonds is 5. The van der Waals surface area contributed by atoms with Crippen molar-refractivity contribution in [1.29, 1.82) is 0 Å². The molecule has 0 saturated heterocycles. The summed E-state index contributed by atoms with van der Waals surface area (Å²) in [5.41, 5.74) is 7.22. The third kappa shape index (κ3) is 6.29. The van der Waals surface area contributed by atoms with E-state index in [0.29, 0.717) is 11.5 Å². The molecule has 7 nitrogen and oxygen atoms in total.